The maximum atomic E-state index is 8.00. The molecule has 0 aliphatic rings. The van der Waals surface area contributed by atoms with Gasteiger partial charge in [-0.05, 0) is 43.5 Å². The van der Waals surface area contributed by atoms with Crippen LogP contribution in [0.3, 0.4) is 0 Å². The Morgan fingerprint density at radius 2 is 1.70 bits per heavy atom. The second-order valence-corrected chi connectivity index (χ2v) is 4.27. The van der Waals surface area contributed by atoms with Gasteiger partial charge in [0.1, 0.15) is 6.79 Å². The standard InChI is InChI=1S/C8H10N2S.C4H8N2S.CH2O/c1-6-2-4-7(5-3-6)10-8(9)11;1-2-3-6-4(5)7;1-2/h2-5H,1H3,(H3,9,10,11);2H,1,3H2,(H3,5,6,7);1H2. The highest BCUT2D eigenvalue weighted by Crippen LogP contribution is 2.07. The van der Waals surface area contributed by atoms with Crippen molar-refractivity contribution in [1.82, 2.24) is 5.32 Å². The summed E-state index contributed by atoms with van der Waals surface area (Å²) >= 11 is 9.16. The van der Waals surface area contributed by atoms with Crippen LogP contribution in [0.5, 0.6) is 0 Å². The number of carbonyl (C=O) groups excluding carboxylic acids is 1. The van der Waals surface area contributed by atoms with Gasteiger partial charge < -0.3 is 26.9 Å². The van der Waals surface area contributed by atoms with Crippen LogP contribution in [0.1, 0.15) is 5.56 Å². The number of nitrogens with one attached hydrogen (secondary N) is 2. The summed E-state index contributed by atoms with van der Waals surface area (Å²) in [5, 5.41) is 6.15. The smallest absolute Gasteiger partial charge is 0.168 e. The Morgan fingerprint density at radius 3 is 2.00 bits per heavy atom. The molecule has 0 bridgehead atoms. The Balaban J connectivity index is 0. The number of carbonyl (C=O) groups is 1. The highest BCUT2D eigenvalue weighted by atomic mass is 32.1. The molecule has 0 atom stereocenters. The van der Waals surface area contributed by atoms with E-state index in [0.717, 1.165) is 5.69 Å². The number of nitrogens with two attached hydrogens (primary N) is 2. The van der Waals surface area contributed by atoms with E-state index in [0.29, 0.717) is 16.8 Å². The largest absolute Gasteiger partial charge is 0.376 e. The summed E-state index contributed by atoms with van der Waals surface area (Å²) in [6.45, 7) is 8.14. The van der Waals surface area contributed by atoms with Gasteiger partial charge in [-0.15, -0.1) is 6.58 Å². The van der Waals surface area contributed by atoms with Gasteiger partial charge in [-0.25, -0.2) is 0 Å². The van der Waals surface area contributed by atoms with E-state index in [1.54, 1.807) is 6.08 Å². The highest BCUT2D eigenvalue weighted by molar-refractivity contribution is 7.80. The zero-order chi connectivity index (χ0) is 16.0. The zero-order valence-electron chi connectivity index (χ0n) is 11.4. The third kappa shape index (κ3) is 14.1. The fourth-order valence-electron chi connectivity index (χ4n) is 0.952. The third-order valence-corrected chi connectivity index (χ3v) is 1.99. The minimum Gasteiger partial charge on any atom is -0.376 e. The maximum absolute atomic E-state index is 8.00. The van der Waals surface area contributed by atoms with Gasteiger partial charge in [0.25, 0.3) is 0 Å². The molecule has 0 spiro atoms. The quantitative estimate of drug-likeness (QED) is 0.496. The van der Waals surface area contributed by atoms with Crippen LogP contribution in [-0.4, -0.2) is 23.6 Å². The van der Waals surface area contributed by atoms with E-state index in [-0.39, 0.29) is 0 Å². The lowest BCUT2D eigenvalue weighted by Gasteiger charge is -2.02. The fourth-order valence-corrected chi connectivity index (χ4v) is 1.15. The van der Waals surface area contributed by atoms with Crippen LogP contribution in [-0.2, 0) is 4.79 Å². The van der Waals surface area contributed by atoms with Crippen LogP contribution in [0, 0.1) is 6.92 Å². The zero-order valence-corrected chi connectivity index (χ0v) is 13.0. The van der Waals surface area contributed by atoms with E-state index >= 15 is 0 Å². The van der Waals surface area contributed by atoms with Gasteiger partial charge in [-0.1, -0.05) is 23.8 Å². The molecule has 1 aromatic rings. The number of aryl methyl sites for hydroxylation is 1. The van der Waals surface area contributed by atoms with Crippen molar-refractivity contribution in [2.45, 2.75) is 6.92 Å². The third-order valence-electron chi connectivity index (χ3n) is 1.74. The Morgan fingerprint density at radius 1 is 1.20 bits per heavy atom. The summed E-state index contributed by atoms with van der Waals surface area (Å²) in [6, 6.07) is 7.88. The lowest BCUT2D eigenvalue weighted by molar-refractivity contribution is -0.0979. The first-order valence-corrected chi connectivity index (χ1v) is 6.33. The number of rotatable bonds is 3. The maximum Gasteiger partial charge on any atom is 0.168 e. The van der Waals surface area contributed by atoms with Crippen molar-refractivity contribution in [3.63, 3.8) is 0 Å². The van der Waals surface area contributed by atoms with E-state index < -0.39 is 0 Å². The molecule has 0 aliphatic heterocycles. The van der Waals surface area contributed by atoms with Crippen LogP contribution < -0.4 is 22.1 Å². The molecule has 0 aromatic heterocycles. The summed E-state index contributed by atoms with van der Waals surface area (Å²) in [5.74, 6) is 0. The van der Waals surface area contributed by atoms with Gasteiger partial charge in [-0.3, -0.25) is 0 Å². The normalized spacial score (nSPS) is 7.85. The second kappa shape index (κ2) is 13.4. The van der Waals surface area contributed by atoms with Crippen molar-refractivity contribution >= 4 is 47.1 Å². The SMILES string of the molecule is C=CCNC(N)=S.C=O.Cc1ccc(NC(N)=S)cc1. The second-order valence-electron chi connectivity index (χ2n) is 3.39. The molecule has 1 rings (SSSR count). The van der Waals surface area contributed by atoms with Gasteiger partial charge >= 0.3 is 0 Å². The molecule has 0 fully saturated rings. The minimum absolute atomic E-state index is 0.300. The van der Waals surface area contributed by atoms with Crippen LogP contribution in [0.2, 0.25) is 0 Å². The monoisotopic (exact) mass is 312 g/mol. The summed E-state index contributed by atoms with van der Waals surface area (Å²) in [5.41, 5.74) is 12.5. The molecule has 0 saturated heterocycles. The fraction of sp³-hybridized carbons (Fsp3) is 0.154. The topological polar surface area (TPSA) is 93.2 Å². The van der Waals surface area contributed by atoms with Crippen molar-refractivity contribution in [2.75, 3.05) is 11.9 Å². The molecule has 1 aromatic carbocycles. The lowest BCUT2D eigenvalue weighted by atomic mass is 10.2. The molecule has 20 heavy (non-hydrogen) atoms. The first-order valence-electron chi connectivity index (χ1n) is 5.52. The van der Waals surface area contributed by atoms with Crippen molar-refractivity contribution in [3.05, 3.63) is 42.5 Å². The minimum atomic E-state index is 0.300. The number of hydrogen-bond donors (Lipinski definition) is 4. The first-order chi connectivity index (χ1) is 9.45. The Hall–Kier alpha value is -1.99. The first kappa shape index (κ1) is 20.3. The lowest BCUT2D eigenvalue weighted by Crippen LogP contribution is -2.28. The average molecular weight is 312 g/mol. The van der Waals surface area contributed by atoms with Crippen LogP contribution in [0.25, 0.3) is 0 Å². The number of anilines is 1. The predicted octanol–water partition coefficient (Wildman–Crippen LogP) is 1.47. The van der Waals surface area contributed by atoms with E-state index in [4.69, 9.17) is 16.3 Å². The van der Waals surface area contributed by atoms with E-state index in [9.17, 15) is 0 Å². The molecular weight excluding hydrogens is 292 g/mol. The molecule has 6 N–H and O–H groups in total. The Labute approximate surface area is 130 Å². The predicted molar refractivity (Wildman–Crippen MR) is 93.7 cm³/mol. The molecule has 5 nitrogen and oxygen atoms in total. The molecule has 0 amide bonds. The van der Waals surface area contributed by atoms with Crippen molar-refractivity contribution in [3.8, 4) is 0 Å². The van der Waals surface area contributed by atoms with Gasteiger partial charge in [-0.2, -0.15) is 0 Å². The Bertz CT molecular complexity index is 421. The summed E-state index contributed by atoms with van der Waals surface area (Å²) in [4.78, 5) is 8.00. The molecule has 0 saturated carbocycles. The Kier molecular flexibility index (Phi) is 13.7. The van der Waals surface area contributed by atoms with Crippen molar-refractivity contribution < 1.29 is 4.79 Å². The molecule has 0 heterocycles. The van der Waals surface area contributed by atoms with Crippen molar-refractivity contribution in [2.24, 2.45) is 11.5 Å². The highest BCUT2D eigenvalue weighted by Gasteiger charge is 1.90. The van der Waals surface area contributed by atoms with E-state index in [2.05, 4.69) is 41.6 Å². The van der Waals surface area contributed by atoms with Crippen LogP contribution in [0.15, 0.2) is 36.9 Å². The molecule has 7 heteroatoms. The van der Waals surface area contributed by atoms with Gasteiger partial charge in [0.05, 0.1) is 0 Å². The number of benzene rings is 1. The molecule has 110 valence electrons. The van der Waals surface area contributed by atoms with Gasteiger partial charge in [0, 0.05) is 12.2 Å². The van der Waals surface area contributed by atoms with Crippen LogP contribution >= 0.6 is 24.4 Å². The van der Waals surface area contributed by atoms with E-state index in [1.807, 2.05) is 38.0 Å². The molecule has 0 unspecified atom stereocenters. The molecular formula is C13H20N4OS2. The molecule has 0 radical (unpaired) electrons. The summed E-state index contributed by atoms with van der Waals surface area (Å²) in [7, 11) is 0. The molecule has 0 aliphatic carbocycles. The average Bonchev–Trinajstić information content (AvgIpc) is 2.41. The van der Waals surface area contributed by atoms with Gasteiger partial charge in [0.15, 0.2) is 10.2 Å². The summed E-state index contributed by atoms with van der Waals surface area (Å²) in [6.07, 6.45) is 1.69. The number of thiocarbonyl (C=S) groups is 2. The number of hydrogen-bond acceptors (Lipinski definition) is 3. The van der Waals surface area contributed by atoms with E-state index in [1.165, 1.54) is 5.56 Å². The van der Waals surface area contributed by atoms with Crippen molar-refractivity contribution in [1.29, 1.82) is 0 Å². The summed E-state index contributed by atoms with van der Waals surface area (Å²) < 4.78 is 0. The van der Waals surface area contributed by atoms with Crippen LogP contribution in [0.4, 0.5) is 5.69 Å². The van der Waals surface area contributed by atoms with Gasteiger partial charge in [0.2, 0.25) is 0 Å².